The van der Waals surface area contributed by atoms with Crippen LogP contribution < -0.4 is 10.1 Å². The Morgan fingerprint density at radius 1 is 1.13 bits per heavy atom. The van der Waals surface area contributed by atoms with Gasteiger partial charge in [0, 0.05) is 24.8 Å². The van der Waals surface area contributed by atoms with E-state index in [2.05, 4.69) is 55.3 Å². The predicted octanol–water partition coefficient (Wildman–Crippen LogP) is 3.09. The van der Waals surface area contributed by atoms with Crippen LogP contribution in [0.25, 0.3) is 0 Å². The first-order chi connectivity index (χ1) is 11.0. The molecule has 0 aliphatic rings. The van der Waals surface area contributed by atoms with Gasteiger partial charge in [0.1, 0.15) is 12.4 Å². The number of ether oxygens (including phenoxy) is 1. The molecule has 0 radical (unpaired) electrons. The summed E-state index contributed by atoms with van der Waals surface area (Å²) in [5.74, 6) is 0.877. The maximum absolute atomic E-state index is 5.82. The fraction of sp³-hybridized carbons (Fsp3) is 0.421. The van der Waals surface area contributed by atoms with Crippen molar-refractivity contribution in [2.75, 3.05) is 20.6 Å². The summed E-state index contributed by atoms with van der Waals surface area (Å²) in [7, 11) is 4.21. The van der Waals surface area contributed by atoms with Gasteiger partial charge in [-0.1, -0.05) is 18.2 Å². The van der Waals surface area contributed by atoms with Gasteiger partial charge in [-0.2, -0.15) is 0 Å². The monoisotopic (exact) mass is 313 g/mol. The van der Waals surface area contributed by atoms with Gasteiger partial charge >= 0.3 is 0 Å². The second-order valence-corrected chi connectivity index (χ2v) is 6.57. The SMILES string of the molecule is CN(C)C(C)(C)CNCc1cccc(OCc2ccccn2)c1. The lowest BCUT2D eigenvalue weighted by Gasteiger charge is -2.32. The molecule has 1 heterocycles. The Labute approximate surface area is 139 Å². The summed E-state index contributed by atoms with van der Waals surface area (Å²) in [6.45, 7) is 6.71. The van der Waals surface area contributed by atoms with Crippen LogP contribution in [-0.2, 0) is 13.2 Å². The average molecular weight is 313 g/mol. The van der Waals surface area contributed by atoms with Crippen molar-refractivity contribution < 1.29 is 4.74 Å². The molecule has 0 bridgehead atoms. The van der Waals surface area contributed by atoms with Crippen LogP contribution in [0.2, 0.25) is 0 Å². The van der Waals surface area contributed by atoms with Gasteiger partial charge < -0.3 is 15.0 Å². The minimum Gasteiger partial charge on any atom is -0.487 e. The number of rotatable bonds is 8. The third kappa shape index (κ3) is 5.66. The summed E-state index contributed by atoms with van der Waals surface area (Å²) in [4.78, 5) is 6.50. The minimum absolute atomic E-state index is 0.132. The highest BCUT2D eigenvalue weighted by molar-refractivity contribution is 5.28. The van der Waals surface area contributed by atoms with Crippen LogP contribution in [0.4, 0.5) is 0 Å². The van der Waals surface area contributed by atoms with Gasteiger partial charge in [0.15, 0.2) is 0 Å². The first-order valence-electron chi connectivity index (χ1n) is 7.97. The van der Waals surface area contributed by atoms with Gasteiger partial charge in [-0.05, 0) is 57.8 Å². The molecular formula is C19H27N3O. The zero-order valence-corrected chi connectivity index (χ0v) is 14.5. The van der Waals surface area contributed by atoms with Gasteiger partial charge in [0.2, 0.25) is 0 Å². The van der Waals surface area contributed by atoms with Crippen molar-refractivity contribution in [3.05, 3.63) is 59.9 Å². The smallest absolute Gasteiger partial charge is 0.130 e. The number of benzene rings is 1. The van der Waals surface area contributed by atoms with Crippen molar-refractivity contribution in [1.82, 2.24) is 15.2 Å². The van der Waals surface area contributed by atoms with E-state index in [0.717, 1.165) is 24.5 Å². The average Bonchev–Trinajstić information content (AvgIpc) is 2.54. The zero-order chi connectivity index (χ0) is 16.7. The van der Waals surface area contributed by atoms with Crippen LogP contribution >= 0.6 is 0 Å². The minimum atomic E-state index is 0.132. The van der Waals surface area contributed by atoms with E-state index in [9.17, 15) is 0 Å². The van der Waals surface area contributed by atoms with Gasteiger partial charge in [-0.15, -0.1) is 0 Å². The van der Waals surface area contributed by atoms with E-state index in [-0.39, 0.29) is 5.54 Å². The van der Waals surface area contributed by atoms with E-state index >= 15 is 0 Å². The quantitative estimate of drug-likeness (QED) is 0.812. The Kier molecular flexibility index (Phi) is 6.13. The molecule has 1 N–H and O–H groups in total. The normalized spacial score (nSPS) is 11.7. The number of nitrogens with one attached hydrogen (secondary N) is 1. The molecule has 0 spiro atoms. The lowest BCUT2D eigenvalue weighted by atomic mass is 10.0. The van der Waals surface area contributed by atoms with Crippen molar-refractivity contribution in [3.8, 4) is 5.75 Å². The second kappa shape index (κ2) is 8.09. The van der Waals surface area contributed by atoms with E-state index in [1.165, 1.54) is 5.56 Å². The summed E-state index contributed by atoms with van der Waals surface area (Å²) in [5, 5.41) is 3.51. The second-order valence-electron chi connectivity index (χ2n) is 6.57. The highest BCUT2D eigenvalue weighted by atomic mass is 16.5. The molecule has 1 aromatic heterocycles. The molecule has 0 saturated heterocycles. The van der Waals surface area contributed by atoms with Crippen LogP contribution in [0.1, 0.15) is 25.1 Å². The third-order valence-electron chi connectivity index (χ3n) is 4.11. The molecule has 0 amide bonds. The van der Waals surface area contributed by atoms with Crippen molar-refractivity contribution in [1.29, 1.82) is 0 Å². The van der Waals surface area contributed by atoms with Crippen LogP contribution in [0.3, 0.4) is 0 Å². The Balaban J connectivity index is 1.85. The van der Waals surface area contributed by atoms with E-state index in [1.54, 1.807) is 6.20 Å². The van der Waals surface area contributed by atoms with E-state index < -0.39 is 0 Å². The molecule has 0 saturated carbocycles. The first-order valence-corrected chi connectivity index (χ1v) is 7.97. The van der Waals surface area contributed by atoms with Crippen LogP contribution in [-0.4, -0.2) is 36.1 Å². The Hall–Kier alpha value is -1.91. The molecule has 0 atom stereocenters. The van der Waals surface area contributed by atoms with Crippen molar-refractivity contribution in [3.63, 3.8) is 0 Å². The number of likely N-dealkylation sites (N-methyl/N-ethyl adjacent to an activating group) is 1. The van der Waals surface area contributed by atoms with Crippen LogP contribution in [0, 0.1) is 0 Å². The van der Waals surface area contributed by atoms with Gasteiger partial charge in [-0.25, -0.2) is 0 Å². The van der Waals surface area contributed by atoms with E-state index in [0.29, 0.717) is 6.61 Å². The highest BCUT2D eigenvalue weighted by Gasteiger charge is 2.19. The molecule has 1 aromatic carbocycles. The summed E-state index contributed by atoms with van der Waals surface area (Å²) in [6, 6.07) is 14.1. The van der Waals surface area contributed by atoms with Crippen LogP contribution in [0.15, 0.2) is 48.7 Å². The molecule has 23 heavy (non-hydrogen) atoms. The van der Waals surface area contributed by atoms with Crippen LogP contribution in [0.5, 0.6) is 5.75 Å². The van der Waals surface area contributed by atoms with Crippen molar-refractivity contribution in [2.24, 2.45) is 0 Å². The number of hydrogen-bond acceptors (Lipinski definition) is 4. The topological polar surface area (TPSA) is 37.4 Å². The Morgan fingerprint density at radius 2 is 1.96 bits per heavy atom. The fourth-order valence-electron chi connectivity index (χ4n) is 2.06. The van der Waals surface area contributed by atoms with E-state index in [1.807, 2.05) is 30.3 Å². The number of pyridine rings is 1. The molecule has 0 unspecified atom stereocenters. The molecule has 4 nitrogen and oxygen atoms in total. The molecular weight excluding hydrogens is 286 g/mol. The lowest BCUT2D eigenvalue weighted by molar-refractivity contribution is 0.189. The van der Waals surface area contributed by atoms with Crippen molar-refractivity contribution in [2.45, 2.75) is 32.5 Å². The lowest BCUT2D eigenvalue weighted by Crippen LogP contribution is -2.46. The largest absolute Gasteiger partial charge is 0.487 e. The highest BCUT2D eigenvalue weighted by Crippen LogP contribution is 2.15. The fourth-order valence-corrected chi connectivity index (χ4v) is 2.06. The number of aromatic nitrogens is 1. The van der Waals surface area contributed by atoms with Crippen molar-refractivity contribution >= 4 is 0 Å². The Bertz CT molecular complexity index is 597. The molecule has 2 rings (SSSR count). The van der Waals surface area contributed by atoms with Gasteiger partial charge in [-0.3, -0.25) is 4.98 Å². The summed E-state index contributed by atoms with van der Waals surface area (Å²) >= 11 is 0. The van der Waals surface area contributed by atoms with E-state index in [4.69, 9.17) is 4.74 Å². The first kappa shape index (κ1) is 17.4. The summed E-state index contributed by atoms with van der Waals surface area (Å²) in [5.41, 5.74) is 2.29. The predicted molar refractivity (Wildman–Crippen MR) is 94.5 cm³/mol. The third-order valence-corrected chi connectivity index (χ3v) is 4.11. The summed E-state index contributed by atoms with van der Waals surface area (Å²) in [6.07, 6.45) is 1.78. The van der Waals surface area contributed by atoms with Gasteiger partial charge in [0.25, 0.3) is 0 Å². The maximum Gasteiger partial charge on any atom is 0.130 e. The molecule has 4 heteroatoms. The molecule has 0 fully saturated rings. The standard InChI is InChI=1S/C19H27N3O/c1-19(2,22(3)4)15-20-13-16-8-7-10-18(12-16)23-14-17-9-5-6-11-21-17/h5-12,20H,13-15H2,1-4H3. The van der Waals surface area contributed by atoms with Gasteiger partial charge in [0.05, 0.1) is 5.69 Å². The summed E-state index contributed by atoms with van der Waals surface area (Å²) < 4.78 is 5.82. The Morgan fingerprint density at radius 3 is 2.65 bits per heavy atom. The number of nitrogens with zero attached hydrogens (tertiary/aromatic N) is 2. The molecule has 124 valence electrons. The number of hydrogen-bond donors (Lipinski definition) is 1. The molecule has 0 aliphatic heterocycles. The maximum atomic E-state index is 5.82. The molecule has 0 aliphatic carbocycles. The zero-order valence-electron chi connectivity index (χ0n) is 14.5. The molecule has 2 aromatic rings.